The number of amides is 4. The molecular weight excluding hydrogens is 397 g/mol. The molecule has 116 valence electrons. The molecule has 0 bridgehead atoms. The van der Waals surface area contributed by atoms with Gasteiger partial charge in [0.15, 0.2) is 0 Å². The molecular formula is C15H16IN3O3. The van der Waals surface area contributed by atoms with Crippen molar-refractivity contribution >= 4 is 46.1 Å². The van der Waals surface area contributed by atoms with E-state index in [-0.39, 0.29) is 18.4 Å². The molecule has 2 N–H and O–H groups in total. The van der Waals surface area contributed by atoms with E-state index in [4.69, 9.17) is 0 Å². The second-order valence-electron chi connectivity index (χ2n) is 5.67. The largest absolute Gasteiger partial charge is 0.325 e. The van der Waals surface area contributed by atoms with Crippen LogP contribution >= 0.6 is 22.6 Å². The summed E-state index contributed by atoms with van der Waals surface area (Å²) in [6.07, 6.45) is 3.17. The Morgan fingerprint density at radius 1 is 1.23 bits per heavy atom. The quantitative estimate of drug-likeness (QED) is 0.589. The number of benzene rings is 1. The fraction of sp³-hybridized carbons (Fsp3) is 0.400. The molecule has 1 aliphatic carbocycles. The number of carbonyl (C=O) groups is 3. The third kappa shape index (κ3) is 2.81. The van der Waals surface area contributed by atoms with Crippen molar-refractivity contribution in [1.29, 1.82) is 0 Å². The van der Waals surface area contributed by atoms with E-state index in [0.717, 1.165) is 21.3 Å². The Kier molecular flexibility index (Phi) is 4.07. The molecule has 6 nitrogen and oxygen atoms in total. The first-order chi connectivity index (χ1) is 10.5. The smallest absolute Gasteiger partial charge is 0.325 e. The van der Waals surface area contributed by atoms with Crippen LogP contribution in [0.5, 0.6) is 0 Å². The van der Waals surface area contributed by atoms with Gasteiger partial charge in [0.05, 0.1) is 0 Å². The Labute approximate surface area is 141 Å². The Morgan fingerprint density at radius 3 is 2.50 bits per heavy atom. The minimum absolute atomic E-state index is 0.252. The minimum Gasteiger partial charge on any atom is -0.325 e. The highest BCUT2D eigenvalue weighted by molar-refractivity contribution is 14.1. The maximum atomic E-state index is 12.4. The topological polar surface area (TPSA) is 78.5 Å². The number of nitrogens with zero attached hydrogens (tertiary/aromatic N) is 1. The zero-order valence-corrected chi connectivity index (χ0v) is 14.1. The molecule has 0 unspecified atom stereocenters. The molecule has 0 radical (unpaired) electrons. The van der Waals surface area contributed by atoms with Crippen LogP contribution in [0.4, 0.5) is 10.5 Å². The van der Waals surface area contributed by atoms with Crippen molar-refractivity contribution in [1.82, 2.24) is 10.2 Å². The van der Waals surface area contributed by atoms with E-state index in [0.29, 0.717) is 18.5 Å². The van der Waals surface area contributed by atoms with Crippen LogP contribution in [-0.2, 0) is 9.59 Å². The first kappa shape index (κ1) is 15.3. The van der Waals surface area contributed by atoms with Gasteiger partial charge in [-0.2, -0.15) is 0 Å². The number of nitrogens with one attached hydrogen (secondary N) is 2. The summed E-state index contributed by atoms with van der Waals surface area (Å²) in [5.41, 5.74) is -0.117. The molecule has 1 spiro atoms. The van der Waals surface area contributed by atoms with Crippen molar-refractivity contribution in [2.24, 2.45) is 0 Å². The summed E-state index contributed by atoms with van der Waals surface area (Å²) in [4.78, 5) is 37.5. The van der Waals surface area contributed by atoms with E-state index in [1.165, 1.54) is 0 Å². The number of carbonyl (C=O) groups excluding carboxylic acids is 3. The molecule has 2 fully saturated rings. The van der Waals surface area contributed by atoms with Crippen LogP contribution < -0.4 is 10.6 Å². The molecule has 1 saturated heterocycles. The molecule has 22 heavy (non-hydrogen) atoms. The average Bonchev–Trinajstić information content (AvgIpc) is 3.03. The zero-order valence-electron chi connectivity index (χ0n) is 11.9. The van der Waals surface area contributed by atoms with Gasteiger partial charge in [0.1, 0.15) is 12.1 Å². The number of hydrogen-bond donors (Lipinski definition) is 2. The molecule has 2 aliphatic rings. The molecule has 0 aromatic heterocycles. The van der Waals surface area contributed by atoms with E-state index in [9.17, 15) is 14.4 Å². The highest BCUT2D eigenvalue weighted by Crippen LogP contribution is 2.34. The lowest BCUT2D eigenvalue weighted by molar-refractivity contribution is -0.133. The molecule has 1 aromatic carbocycles. The van der Waals surface area contributed by atoms with E-state index in [1.54, 1.807) is 12.1 Å². The Morgan fingerprint density at radius 2 is 1.86 bits per heavy atom. The van der Waals surface area contributed by atoms with Crippen molar-refractivity contribution in [2.45, 2.75) is 31.2 Å². The van der Waals surface area contributed by atoms with Gasteiger partial charge < -0.3 is 10.6 Å². The Bertz CT molecular complexity index is 623. The maximum absolute atomic E-state index is 12.4. The maximum Gasteiger partial charge on any atom is 0.325 e. The average molecular weight is 413 g/mol. The number of urea groups is 1. The number of hydrogen-bond acceptors (Lipinski definition) is 3. The van der Waals surface area contributed by atoms with Crippen LogP contribution in [0, 0.1) is 3.57 Å². The van der Waals surface area contributed by atoms with E-state index in [2.05, 4.69) is 33.2 Å². The summed E-state index contributed by atoms with van der Waals surface area (Å²) in [5.74, 6) is -0.646. The molecule has 1 aromatic rings. The molecule has 1 saturated carbocycles. The van der Waals surface area contributed by atoms with Crippen molar-refractivity contribution in [3.05, 3.63) is 27.8 Å². The number of imide groups is 1. The van der Waals surface area contributed by atoms with E-state index in [1.807, 2.05) is 12.1 Å². The lowest BCUT2D eigenvalue weighted by atomic mass is 9.98. The van der Waals surface area contributed by atoms with Crippen molar-refractivity contribution < 1.29 is 14.4 Å². The summed E-state index contributed by atoms with van der Waals surface area (Å²) in [5, 5.41) is 5.46. The van der Waals surface area contributed by atoms with Crippen molar-refractivity contribution in [3.63, 3.8) is 0 Å². The Balaban J connectivity index is 1.65. The van der Waals surface area contributed by atoms with Gasteiger partial charge in [-0.1, -0.05) is 12.8 Å². The Hall–Kier alpha value is -1.64. The minimum atomic E-state index is -0.764. The molecule has 1 heterocycles. The van der Waals surface area contributed by atoms with Crippen LogP contribution in [0.1, 0.15) is 25.7 Å². The monoisotopic (exact) mass is 413 g/mol. The second-order valence-corrected chi connectivity index (χ2v) is 6.91. The van der Waals surface area contributed by atoms with Crippen molar-refractivity contribution in [2.75, 3.05) is 11.9 Å². The molecule has 4 amide bonds. The van der Waals surface area contributed by atoms with Gasteiger partial charge in [0.2, 0.25) is 5.91 Å². The molecule has 3 rings (SSSR count). The highest BCUT2D eigenvalue weighted by Gasteiger charge is 2.52. The number of halogens is 1. The molecule has 0 atom stereocenters. The fourth-order valence-electron chi connectivity index (χ4n) is 3.01. The summed E-state index contributed by atoms with van der Waals surface area (Å²) >= 11 is 2.18. The van der Waals surface area contributed by atoms with Gasteiger partial charge in [0.25, 0.3) is 5.91 Å². The van der Waals surface area contributed by atoms with Crippen LogP contribution in [0.2, 0.25) is 0 Å². The van der Waals surface area contributed by atoms with Crippen LogP contribution in [0.3, 0.4) is 0 Å². The number of anilines is 1. The van der Waals surface area contributed by atoms with Crippen LogP contribution in [0.15, 0.2) is 24.3 Å². The van der Waals surface area contributed by atoms with Gasteiger partial charge in [-0.25, -0.2) is 4.79 Å². The summed E-state index contributed by atoms with van der Waals surface area (Å²) in [7, 11) is 0. The number of rotatable bonds is 3. The third-order valence-corrected chi connectivity index (χ3v) is 4.85. The zero-order chi connectivity index (χ0) is 15.7. The summed E-state index contributed by atoms with van der Waals surface area (Å²) in [6.45, 7) is -0.252. The molecule has 7 heteroatoms. The standard InChI is InChI=1S/C15H16IN3O3/c16-10-3-5-11(6-4-10)17-12(20)9-19-13(21)15(18-14(19)22)7-1-2-8-15/h3-6H,1-2,7-9H2,(H,17,20)(H,18,22). The molecule has 1 aliphatic heterocycles. The fourth-order valence-corrected chi connectivity index (χ4v) is 3.37. The van der Waals surface area contributed by atoms with E-state index < -0.39 is 11.6 Å². The lowest BCUT2D eigenvalue weighted by Gasteiger charge is -2.19. The van der Waals surface area contributed by atoms with Crippen molar-refractivity contribution in [3.8, 4) is 0 Å². The highest BCUT2D eigenvalue weighted by atomic mass is 127. The summed E-state index contributed by atoms with van der Waals surface area (Å²) in [6, 6.07) is 6.84. The van der Waals surface area contributed by atoms with Gasteiger partial charge in [-0.15, -0.1) is 0 Å². The first-order valence-corrected chi connectivity index (χ1v) is 8.28. The lowest BCUT2D eigenvalue weighted by Crippen LogP contribution is -2.44. The van der Waals surface area contributed by atoms with Gasteiger partial charge in [-0.05, 0) is 59.7 Å². The van der Waals surface area contributed by atoms with E-state index >= 15 is 0 Å². The second kappa shape index (κ2) is 5.86. The predicted molar refractivity (Wildman–Crippen MR) is 89.2 cm³/mol. The summed E-state index contributed by atoms with van der Waals surface area (Å²) < 4.78 is 1.06. The van der Waals surface area contributed by atoms with Gasteiger partial charge in [-0.3, -0.25) is 14.5 Å². The van der Waals surface area contributed by atoms with Gasteiger partial charge in [0, 0.05) is 9.26 Å². The SMILES string of the molecule is O=C(CN1C(=O)NC2(CCCC2)C1=O)Nc1ccc(I)cc1. The predicted octanol–water partition coefficient (Wildman–Crippen LogP) is 2.09. The van der Waals surface area contributed by atoms with Crippen LogP contribution in [0.25, 0.3) is 0 Å². The normalized spacial score (nSPS) is 19.6. The third-order valence-electron chi connectivity index (χ3n) is 4.13. The van der Waals surface area contributed by atoms with Crippen LogP contribution in [-0.4, -0.2) is 34.8 Å². The van der Waals surface area contributed by atoms with Gasteiger partial charge >= 0.3 is 6.03 Å². The first-order valence-electron chi connectivity index (χ1n) is 7.20.